The van der Waals surface area contributed by atoms with Crippen LogP contribution < -0.4 is 15.4 Å². The number of rotatable bonds is 8. The van der Waals surface area contributed by atoms with Crippen molar-refractivity contribution in [2.24, 2.45) is 0 Å². The van der Waals surface area contributed by atoms with Gasteiger partial charge in [0.25, 0.3) is 11.6 Å². The fraction of sp³-hybridized carbons (Fsp3) is 0.222. The number of phenolic OH excluding ortho intramolecular Hbond substituents is 1. The number of nitrogens with zero attached hydrogens (tertiary/aromatic N) is 1. The molecule has 0 bridgehead atoms. The second-order valence-electron chi connectivity index (χ2n) is 5.44. The number of phenols is 1. The van der Waals surface area contributed by atoms with Crippen LogP contribution in [0.4, 0.5) is 11.4 Å². The average molecular weight is 405 g/mol. The van der Waals surface area contributed by atoms with Crippen LogP contribution in [0.3, 0.4) is 0 Å². The monoisotopic (exact) mass is 405 g/mol. The Hall–Kier alpha value is -3.24. The summed E-state index contributed by atoms with van der Waals surface area (Å²) in [5.74, 6) is -0.127. The zero-order valence-electron chi connectivity index (χ0n) is 15.0. The van der Waals surface area contributed by atoms with Gasteiger partial charge in [-0.05, 0) is 49.5 Å². The number of nitrogens with one attached hydrogen (secondary N) is 2. The molecule has 2 aromatic carbocycles. The summed E-state index contributed by atoms with van der Waals surface area (Å²) in [5, 5.41) is 25.5. The van der Waals surface area contributed by atoms with Crippen LogP contribution in [0.5, 0.6) is 11.5 Å². The Labute approximate surface area is 166 Å². The van der Waals surface area contributed by atoms with Gasteiger partial charge in [0.15, 0.2) is 5.11 Å². The first-order valence-corrected chi connectivity index (χ1v) is 8.72. The summed E-state index contributed by atoms with van der Waals surface area (Å²) in [6, 6.07) is 9.85. The number of benzene rings is 2. The lowest BCUT2D eigenvalue weighted by atomic mass is 10.2. The van der Waals surface area contributed by atoms with Crippen molar-refractivity contribution in [1.29, 1.82) is 0 Å². The highest BCUT2D eigenvalue weighted by molar-refractivity contribution is 7.80. The number of anilines is 1. The Kier molecular flexibility index (Phi) is 7.66. The number of amides is 1. The largest absolute Gasteiger partial charge is 0.506 e. The smallest absolute Gasteiger partial charge is 0.271 e. The summed E-state index contributed by atoms with van der Waals surface area (Å²) in [6.45, 7) is 3.39. The van der Waals surface area contributed by atoms with Gasteiger partial charge >= 0.3 is 0 Å². The van der Waals surface area contributed by atoms with E-state index < -0.39 is 10.8 Å². The second kappa shape index (κ2) is 10.2. The van der Waals surface area contributed by atoms with Crippen molar-refractivity contribution in [1.82, 2.24) is 5.32 Å². The number of thiocarbonyl (C=S) groups is 1. The molecule has 148 valence electrons. The van der Waals surface area contributed by atoms with Gasteiger partial charge in [-0.1, -0.05) is 0 Å². The minimum Gasteiger partial charge on any atom is -0.506 e. The third-order valence-electron chi connectivity index (χ3n) is 3.48. The number of nitro groups is 1. The topological polar surface area (TPSA) is 123 Å². The zero-order valence-corrected chi connectivity index (χ0v) is 15.8. The van der Waals surface area contributed by atoms with Gasteiger partial charge in [-0.2, -0.15) is 0 Å². The summed E-state index contributed by atoms with van der Waals surface area (Å²) in [6.07, 6.45) is 0. The Morgan fingerprint density at radius 3 is 2.57 bits per heavy atom. The van der Waals surface area contributed by atoms with E-state index in [1.54, 1.807) is 24.3 Å². The van der Waals surface area contributed by atoms with E-state index in [1.165, 1.54) is 0 Å². The number of carbonyl (C=O) groups is 1. The standard InChI is InChI=1S/C18H19N3O6S/c1-2-26-9-10-27-14-6-3-12(4-7-14)17(23)20-18(28)19-15-11-13(21(24)25)5-8-16(15)22/h3-8,11,22H,2,9-10H2,1H3,(H2,19,20,23,28). The number of ether oxygens (including phenoxy) is 2. The summed E-state index contributed by atoms with van der Waals surface area (Å²) in [4.78, 5) is 22.5. The van der Waals surface area contributed by atoms with Crippen molar-refractivity contribution in [2.45, 2.75) is 6.92 Å². The molecule has 10 heteroatoms. The summed E-state index contributed by atoms with van der Waals surface area (Å²) in [5.41, 5.74) is 0.122. The highest BCUT2D eigenvalue weighted by Crippen LogP contribution is 2.27. The fourth-order valence-corrected chi connectivity index (χ4v) is 2.33. The van der Waals surface area contributed by atoms with E-state index in [-0.39, 0.29) is 22.2 Å². The lowest BCUT2D eigenvalue weighted by Crippen LogP contribution is -2.34. The third-order valence-corrected chi connectivity index (χ3v) is 3.69. The molecule has 0 aliphatic heterocycles. The summed E-state index contributed by atoms with van der Waals surface area (Å²) < 4.78 is 10.6. The first-order chi connectivity index (χ1) is 13.4. The van der Waals surface area contributed by atoms with E-state index in [0.29, 0.717) is 31.1 Å². The van der Waals surface area contributed by atoms with Crippen LogP contribution in [0.15, 0.2) is 42.5 Å². The number of non-ortho nitro benzene ring substituents is 1. The van der Waals surface area contributed by atoms with Gasteiger partial charge in [0.2, 0.25) is 0 Å². The minimum atomic E-state index is -0.607. The Bertz CT molecular complexity index is 857. The molecule has 2 rings (SSSR count). The molecular formula is C18H19N3O6S. The predicted molar refractivity (Wildman–Crippen MR) is 107 cm³/mol. The molecular weight excluding hydrogens is 386 g/mol. The lowest BCUT2D eigenvalue weighted by molar-refractivity contribution is -0.384. The Morgan fingerprint density at radius 2 is 1.93 bits per heavy atom. The highest BCUT2D eigenvalue weighted by Gasteiger charge is 2.13. The molecule has 0 aliphatic carbocycles. The van der Waals surface area contributed by atoms with Gasteiger partial charge in [-0.25, -0.2) is 0 Å². The average Bonchev–Trinajstić information content (AvgIpc) is 2.67. The summed E-state index contributed by atoms with van der Waals surface area (Å²) in [7, 11) is 0. The number of nitro benzene ring substituents is 1. The van der Waals surface area contributed by atoms with Crippen molar-refractivity contribution >= 4 is 34.6 Å². The molecule has 0 saturated heterocycles. The molecule has 28 heavy (non-hydrogen) atoms. The molecule has 1 amide bonds. The van der Waals surface area contributed by atoms with E-state index in [2.05, 4.69) is 10.6 Å². The third kappa shape index (κ3) is 6.18. The van der Waals surface area contributed by atoms with Crippen molar-refractivity contribution in [3.63, 3.8) is 0 Å². The maximum absolute atomic E-state index is 12.2. The molecule has 0 heterocycles. The van der Waals surface area contributed by atoms with Crippen LogP contribution in [0, 0.1) is 10.1 Å². The normalized spacial score (nSPS) is 10.2. The van der Waals surface area contributed by atoms with E-state index in [1.807, 2.05) is 6.92 Å². The van der Waals surface area contributed by atoms with Crippen molar-refractivity contribution < 1.29 is 24.3 Å². The molecule has 0 unspecified atom stereocenters. The van der Waals surface area contributed by atoms with Crippen LogP contribution in [-0.2, 0) is 4.74 Å². The molecule has 0 aromatic heterocycles. The molecule has 0 radical (unpaired) electrons. The number of aromatic hydroxyl groups is 1. The van der Waals surface area contributed by atoms with Gasteiger partial charge in [-0.3, -0.25) is 20.2 Å². The van der Waals surface area contributed by atoms with E-state index in [9.17, 15) is 20.0 Å². The van der Waals surface area contributed by atoms with Gasteiger partial charge < -0.3 is 19.9 Å². The minimum absolute atomic E-state index is 0.0116. The molecule has 9 nitrogen and oxygen atoms in total. The van der Waals surface area contributed by atoms with Gasteiger partial charge in [0.05, 0.1) is 17.2 Å². The number of carbonyl (C=O) groups excluding carboxylic acids is 1. The molecule has 3 N–H and O–H groups in total. The van der Waals surface area contributed by atoms with Crippen LogP contribution in [0.1, 0.15) is 17.3 Å². The number of hydrogen-bond acceptors (Lipinski definition) is 7. The molecule has 0 fully saturated rings. The van der Waals surface area contributed by atoms with Crippen molar-refractivity contribution in [3.05, 3.63) is 58.1 Å². The fourth-order valence-electron chi connectivity index (χ4n) is 2.13. The van der Waals surface area contributed by atoms with Crippen molar-refractivity contribution in [2.75, 3.05) is 25.1 Å². The zero-order chi connectivity index (χ0) is 20.5. The quantitative estimate of drug-likeness (QED) is 0.201. The lowest BCUT2D eigenvalue weighted by Gasteiger charge is -2.11. The predicted octanol–water partition coefficient (Wildman–Crippen LogP) is 2.84. The Balaban J connectivity index is 1.92. The molecule has 0 spiro atoms. The van der Waals surface area contributed by atoms with Gasteiger partial charge in [0, 0.05) is 24.3 Å². The maximum Gasteiger partial charge on any atom is 0.271 e. The second-order valence-corrected chi connectivity index (χ2v) is 5.84. The SMILES string of the molecule is CCOCCOc1ccc(C(=O)NC(=S)Nc2cc([N+](=O)[O-])ccc2O)cc1. The van der Waals surface area contributed by atoms with Crippen LogP contribution in [0.25, 0.3) is 0 Å². The summed E-state index contributed by atoms with van der Waals surface area (Å²) >= 11 is 5.03. The molecule has 0 saturated carbocycles. The highest BCUT2D eigenvalue weighted by atomic mass is 32.1. The Morgan fingerprint density at radius 1 is 1.21 bits per heavy atom. The van der Waals surface area contributed by atoms with E-state index in [0.717, 1.165) is 18.2 Å². The van der Waals surface area contributed by atoms with Gasteiger partial charge in [0.1, 0.15) is 18.1 Å². The first-order valence-electron chi connectivity index (χ1n) is 8.31. The van der Waals surface area contributed by atoms with E-state index >= 15 is 0 Å². The number of hydrogen-bond donors (Lipinski definition) is 3. The first kappa shape index (κ1) is 21.1. The van der Waals surface area contributed by atoms with Gasteiger partial charge in [-0.15, -0.1) is 0 Å². The van der Waals surface area contributed by atoms with Crippen LogP contribution in [-0.4, -0.2) is 40.9 Å². The van der Waals surface area contributed by atoms with Crippen LogP contribution >= 0.6 is 12.2 Å². The molecule has 2 aromatic rings. The molecule has 0 atom stereocenters. The molecule has 0 aliphatic rings. The maximum atomic E-state index is 12.2. The van der Waals surface area contributed by atoms with E-state index in [4.69, 9.17) is 21.7 Å². The van der Waals surface area contributed by atoms with Crippen molar-refractivity contribution in [3.8, 4) is 11.5 Å². The van der Waals surface area contributed by atoms with Crippen LogP contribution in [0.2, 0.25) is 0 Å².